The normalized spacial score (nSPS) is 32.3. The first-order valence-corrected chi connectivity index (χ1v) is 7.94. The van der Waals surface area contributed by atoms with Crippen LogP contribution in [0.25, 0.3) is 0 Å². The van der Waals surface area contributed by atoms with Gasteiger partial charge in [0, 0.05) is 29.7 Å². The fourth-order valence-corrected chi connectivity index (χ4v) is 4.73. The average molecular weight is 265 g/mol. The maximum Gasteiger partial charge on any atom is 0.115 e. The molecular weight excluding hydrogens is 242 g/mol. The van der Waals surface area contributed by atoms with Crippen molar-refractivity contribution in [3.8, 4) is 0 Å². The van der Waals surface area contributed by atoms with Crippen LogP contribution in [0.3, 0.4) is 0 Å². The van der Waals surface area contributed by atoms with E-state index in [1.165, 1.54) is 37.4 Å². The molecule has 2 saturated heterocycles. The fourth-order valence-electron chi connectivity index (χ4n) is 3.69. The van der Waals surface area contributed by atoms with E-state index in [4.69, 9.17) is 4.98 Å². The number of hydrogen-bond donors (Lipinski definition) is 1. The molecule has 1 N–H and O–H groups in total. The maximum atomic E-state index is 4.81. The second-order valence-corrected chi connectivity index (χ2v) is 6.87. The van der Waals surface area contributed by atoms with Gasteiger partial charge in [0.15, 0.2) is 0 Å². The molecule has 18 heavy (non-hydrogen) atoms. The molecule has 0 radical (unpaired) electrons. The van der Waals surface area contributed by atoms with Gasteiger partial charge in [-0.05, 0) is 46.6 Å². The smallest absolute Gasteiger partial charge is 0.115 e. The van der Waals surface area contributed by atoms with E-state index < -0.39 is 0 Å². The number of hydrogen-bond acceptors (Lipinski definition) is 4. The number of aryl methyl sites for hydroxylation is 1. The summed E-state index contributed by atoms with van der Waals surface area (Å²) in [7, 11) is 0. The molecule has 3 rings (SSSR count). The molecule has 3 heterocycles. The summed E-state index contributed by atoms with van der Waals surface area (Å²) in [6, 6.07) is 1.17. The van der Waals surface area contributed by atoms with Crippen molar-refractivity contribution in [2.24, 2.45) is 0 Å². The van der Waals surface area contributed by atoms with Crippen LogP contribution in [0.2, 0.25) is 0 Å². The molecule has 2 atom stereocenters. The predicted octanol–water partition coefficient (Wildman–Crippen LogP) is 2.51. The van der Waals surface area contributed by atoms with Crippen molar-refractivity contribution in [2.75, 3.05) is 13.1 Å². The minimum absolute atomic E-state index is 0.115. The summed E-state index contributed by atoms with van der Waals surface area (Å²) in [5, 5.41) is 7.36. The highest BCUT2D eigenvalue weighted by Gasteiger charge is 2.51. The lowest BCUT2D eigenvalue weighted by Gasteiger charge is -2.36. The molecule has 0 bridgehead atoms. The molecule has 0 amide bonds. The molecule has 0 spiro atoms. The number of rotatable bonds is 3. The summed E-state index contributed by atoms with van der Waals surface area (Å²) < 4.78 is 0. The van der Waals surface area contributed by atoms with Crippen LogP contribution in [0.15, 0.2) is 5.38 Å². The fraction of sp³-hybridized carbons (Fsp3) is 0.786. The van der Waals surface area contributed by atoms with Gasteiger partial charge in [-0.3, -0.25) is 4.90 Å². The Hall–Kier alpha value is -0.450. The zero-order valence-electron chi connectivity index (χ0n) is 11.6. The van der Waals surface area contributed by atoms with E-state index in [-0.39, 0.29) is 5.54 Å². The summed E-state index contributed by atoms with van der Waals surface area (Å²) in [5.41, 5.74) is 1.28. The largest absolute Gasteiger partial charge is 0.302 e. The van der Waals surface area contributed by atoms with Gasteiger partial charge in [0.2, 0.25) is 0 Å². The van der Waals surface area contributed by atoms with Gasteiger partial charge in [-0.1, -0.05) is 0 Å². The molecule has 0 aromatic carbocycles. The lowest BCUT2D eigenvalue weighted by Crippen LogP contribution is -2.52. The molecular formula is C14H23N3S. The van der Waals surface area contributed by atoms with Crippen molar-refractivity contribution < 1.29 is 0 Å². The summed E-state index contributed by atoms with van der Waals surface area (Å²) >= 11 is 1.84. The van der Waals surface area contributed by atoms with Gasteiger partial charge in [-0.25, -0.2) is 4.98 Å². The van der Waals surface area contributed by atoms with Gasteiger partial charge in [0.25, 0.3) is 0 Å². The van der Waals surface area contributed by atoms with E-state index in [9.17, 15) is 0 Å². The molecule has 4 heteroatoms. The van der Waals surface area contributed by atoms with Gasteiger partial charge < -0.3 is 5.32 Å². The van der Waals surface area contributed by atoms with Crippen molar-refractivity contribution in [3.05, 3.63) is 16.1 Å². The first kappa shape index (κ1) is 12.6. The summed E-state index contributed by atoms with van der Waals surface area (Å²) in [4.78, 5) is 7.47. The minimum Gasteiger partial charge on any atom is -0.302 e. The minimum atomic E-state index is 0.115. The third-order valence-corrected chi connectivity index (χ3v) is 5.41. The SMILES string of the molecule is Cc1csc(C2(NC(C)C)CCN3CCCC32)n1. The monoisotopic (exact) mass is 265 g/mol. The highest BCUT2D eigenvalue weighted by molar-refractivity contribution is 7.09. The molecule has 3 nitrogen and oxygen atoms in total. The number of nitrogens with zero attached hydrogens (tertiary/aromatic N) is 2. The standard InChI is InChI=1S/C14H23N3S/c1-10(2)16-14(13-15-11(3)9-18-13)6-8-17-7-4-5-12(14)17/h9-10,12,16H,4-8H2,1-3H3. The Balaban J connectivity index is 1.98. The Bertz CT molecular complexity index is 428. The molecule has 2 aliphatic rings. The third-order valence-electron chi connectivity index (χ3n) is 4.27. The first-order valence-electron chi connectivity index (χ1n) is 7.06. The van der Waals surface area contributed by atoms with Crippen molar-refractivity contribution in [3.63, 3.8) is 0 Å². The number of thiazole rings is 1. The maximum absolute atomic E-state index is 4.81. The van der Waals surface area contributed by atoms with Crippen LogP contribution in [-0.2, 0) is 5.54 Å². The van der Waals surface area contributed by atoms with Crippen LogP contribution in [0.1, 0.15) is 43.8 Å². The van der Waals surface area contributed by atoms with Crippen LogP contribution in [0, 0.1) is 6.92 Å². The van der Waals surface area contributed by atoms with E-state index in [1.807, 2.05) is 11.3 Å². The van der Waals surface area contributed by atoms with Crippen molar-refractivity contribution in [1.29, 1.82) is 0 Å². The zero-order chi connectivity index (χ0) is 12.8. The molecule has 2 unspecified atom stereocenters. The zero-order valence-corrected chi connectivity index (χ0v) is 12.4. The van der Waals surface area contributed by atoms with Crippen LogP contribution in [0.4, 0.5) is 0 Å². The van der Waals surface area contributed by atoms with Crippen molar-refractivity contribution in [1.82, 2.24) is 15.2 Å². The van der Waals surface area contributed by atoms with Crippen LogP contribution in [-0.4, -0.2) is 35.1 Å². The summed E-state index contributed by atoms with van der Waals surface area (Å²) in [5.74, 6) is 0. The van der Waals surface area contributed by atoms with E-state index in [1.54, 1.807) is 0 Å². The Morgan fingerprint density at radius 1 is 1.50 bits per heavy atom. The predicted molar refractivity (Wildman–Crippen MR) is 76.0 cm³/mol. The summed E-state index contributed by atoms with van der Waals surface area (Å²) in [6.45, 7) is 9.10. The second kappa shape index (κ2) is 4.58. The third kappa shape index (κ3) is 1.91. The van der Waals surface area contributed by atoms with E-state index in [0.29, 0.717) is 12.1 Å². The topological polar surface area (TPSA) is 28.2 Å². The molecule has 1 aromatic heterocycles. The molecule has 1 aromatic rings. The number of nitrogens with one attached hydrogen (secondary N) is 1. The average Bonchev–Trinajstić information content (AvgIpc) is 2.96. The van der Waals surface area contributed by atoms with Gasteiger partial charge in [-0.2, -0.15) is 0 Å². The van der Waals surface area contributed by atoms with E-state index in [2.05, 4.69) is 36.4 Å². The Morgan fingerprint density at radius 3 is 3.00 bits per heavy atom. The van der Waals surface area contributed by atoms with Crippen molar-refractivity contribution >= 4 is 11.3 Å². The summed E-state index contributed by atoms with van der Waals surface area (Å²) in [6.07, 6.45) is 3.87. The van der Waals surface area contributed by atoms with Crippen LogP contribution in [0.5, 0.6) is 0 Å². The van der Waals surface area contributed by atoms with Crippen LogP contribution < -0.4 is 5.32 Å². The highest BCUT2D eigenvalue weighted by Crippen LogP contribution is 2.44. The highest BCUT2D eigenvalue weighted by atomic mass is 32.1. The van der Waals surface area contributed by atoms with E-state index >= 15 is 0 Å². The Morgan fingerprint density at radius 2 is 2.33 bits per heavy atom. The van der Waals surface area contributed by atoms with Gasteiger partial charge in [-0.15, -0.1) is 11.3 Å². The van der Waals surface area contributed by atoms with Crippen molar-refractivity contribution in [2.45, 2.75) is 57.7 Å². The molecule has 2 aliphatic heterocycles. The van der Waals surface area contributed by atoms with Gasteiger partial charge in [0.05, 0.1) is 5.54 Å². The molecule has 2 fully saturated rings. The molecule has 0 aliphatic carbocycles. The van der Waals surface area contributed by atoms with Gasteiger partial charge in [0.1, 0.15) is 5.01 Å². The quantitative estimate of drug-likeness (QED) is 0.910. The second-order valence-electron chi connectivity index (χ2n) is 6.01. The number of aromatic nitrogens is 1. The molecule has 100 valence electrons. The lowest BCUT2D eigenvalue weighted by atomic mass is 9.88. The van der Waals surface area contributed by atoms with Gasteiger partial charge >= 0.3 is 0 Å². The lowest BCUT2D eigenvalue weighted by molar-refractivity contribution is 0.212. The Labute approximate surface area is 114 Å². The van der Waals surface area contributed by atoms with E-state index in [0.717, 1.165) is 5.69 Å². The Kier molecular flexibility index (Phi) is 3.20. The number of fused-ring (bicyclic) bond motifs is 1. The first-order chi connectivity index (χ1) is 8.62. The molecule has 0 saturated carbocycles. The van der Waals surface area contributed by atoms with Crippen LogP contribution >= 0.6 is 11.3 Å².